The van der Waals surface area contributed by atoms with E-state index < -0.39 is 0 Å². The summed E-state index contributed by atoms with van der Waals surface area (Å²) < 4.78 is 0. The van der Waals surface area contributed by atoms with Gasteiger partial charge in [-0.15, -0.1) is 12.4 Å². The first-order chi connectivity index (χ1) is 10.1. The van der Waals surface area contributed by atoms with E-state index in [4.69, 9.17) is 0 Å². The van der Waals surface area contributed by atoms with E-state index in [0.29, 0.717) is 5.96 Å². The maximum absolute atomic E-state index is 12.0. The minimum atomic E-state index is -0.281. The highest BCUT2D eigenvalue weighted by atomic mass is 35.5. The Kier molecular flexibility index (Phi) is 10.0. The first-order valence-electron chi connectivity index (χ1n) is 7.43. The molecule has 0 saturated carbocycles. The van der Waals surface area contributed by atoms with E-state index in [1.165, 1.54) is 12.8 Å². The van der Waals surface area contributed by atoms with Gasteiger partial charge in [0, 0.05) is 19.3 Å². The number of aliphatic imine (C=N–C) groups is 1. The van der Waals surface area contributed by atoms with E-state index in [9.17, 15) is 4.79 Å². The van der Waals surface area contributed by atoms with Crippen molar-refractivity contribution >= 4 is 30.1 Å². The number of carbonyl (C=O) groups is 1. The second kappa shape index (κ2) is 10.9. The van der Waals surface area contributed by atoms with Crippen molar-refractivity contribution in [2.75, 3.05) is 18.9 Å². The number of anilines is 1. The van der Waals surface area contributed by atoms with Gasteiger partial charge >= 0.3 is 6.03 Å². The Morgan fingerprint density at radius 2 is 1.82 bits per heavy atom. The number of hydrogen-bond donors (Lipinski definition) is 3. The predicted octanol–water partition coefficient (Wildman–Crippen LogP) is 3.61. The third-order valence-electron chi connectivity index (χ3n) is 3.25. The van der Waals surface area contributed by atoms with Crippen LogP contribution in [0.5, 0.6) is 0 Å². The Balaban J connectivity index is 0.00000441. The highest BCUT2D eigenvalue weighted by Crippen LogP contribution is 2.18. The third kappa shape index (κ3) is 6.80. The SMILES string of the molecule is CCCCCNC(=NC)NC(=O)Nc1c(C)cccc1C.Cl. The number of aryl methyl sites for hydroxylation is 2. The summed E-state index contributed by atoms with van der Waals surface area (Å²) >= 11 is 0. The maximum Gasteiger partial charge on any atom is 0.326 e. The third-order valence-corrected chi connectivity index (χ3v) is 3.25. The van der Waals surface area contributed by atoms with Crippen LogP contribution in [0.25, 0.3) is 0 Å². The molecule has 0 fully saturated rings. The molecule has 0 aromatic heterocycles. The fourth-order valence-corrected chi connectivity index (χ4v) is 2.02. The average Bonchev–Trinajstić information content (AvgIpc) is 2.46. The summed E-state index contributed by atoms with van der Waals surface area (Å²) in [4.78, 5) is 16.1. The molecule has 0 saturated heterocycles. The van der Waals surface area contributed by atoms with Crippen molar-refractivity contribution in [3.05, 3.63) is 29.3 Å². The van der Waals surface area contributed by atoms with Crippen LogP contribution in [0.3, 0.4) is 0 Å². The zero-order valence-corrected chi connectivity index (χ0v) is 14.6. The largest absolute Gasteiger partial charge is 0.356 e. The van der Waals surface area contributed by atoms with Crippen LogP contribution in [-0.2, 0) is 0 Å². The topological polar surface area (TPSA) is 65.5 Å². The second-order valence-corrected chi connectivity index (χ2v) is 5.05. The average molecular weight is 327 g/mol. The number of para-hydroxylation sites is 1. The number of urea groups is 1. The molecule has 0 aliphatic rings. The second-order valence-electron chi connectivity index (χ2n) is 5.05. The number of guanidine groups is 1. The van der Waals surface area contributed by atoms with Gasteiger partial charge in [0.25, 0.3) is 0 Å². The molecule has 6 heteroatoms. The summed E-state index contributed by atoms with van der Waals surface area (Å²) in [7, 11) is 1.65. The van der Waals surface area contributed by atoms with Gasteiger partial charge in [0.05, 0.1) is 0 Å². The smallest absolute Gasteiger partial charge is 0.326 e. The summed E-state index contributed by atoms with van der Waals surface area (Å²) in [5.74, 6) is 0.495. The number of benzene rings is 1. The predicted molar refractivity (Wildman–Crippen MR) is 96.2 cm³/mol. The molecule has 0 unspecified atom stereocenters. The zero-order chi connectivity index (χ0) is 15.7. The van der Waals surface area contributed by atoms with Crippen LogP contribution in [0.2, 0.25) is 0 Å². The standard InChI is InChI=1S/C16H26N4O.ClH/c1-5-6-7-11-18-15(17-4)20-16(21)19-14-12(2)9-8-10-13(14)3;/h8-10H,5-7,11H2,1-4H3,(H3,17,18,19,20,21);1H. The van der Waals surface area contributed by atoms with Gasteiger partial charge in [-0.05, 0) is 31.4 Å². The van der Waals surface area contributed by atoms with E-state index in [0.717, 1.165) is 29.8 Å². The van der Waals surface area contributed by atoms with Crippen molar-refractivity contribution in [1.82, 2.24) is 10.6 Å². The van der Waals surface area contributed by atoms with Crippen molar-refractivity contribution in [2.45, 2.75) is 40.0 Å². The van der Waals surface area contributed by atoms with Crippen LogP contribution in [-0.4, -0.2) is 25.6 Å². The van der Waals surface area contributed by atoms with Gasteiger partial charge in [-0.25, -0.2) is 4.79 Å². The van der Waals surface area contributed by atoms with Crippen LogP contribution in [0.1, 0.15) is 37.3 Å². The highest BCUT2D eigenvalue weighted by molar-refractivity contribution is 6.02. The Morgan fingerprint density at radius 1 is 1.18 bits per heavy atom. The van der Waals surface area contributed by atoms with Gasteiger partial charge in [0.1, 0.15) is 0 Å². The molecule has 0 spiro atoms. The molecule has 3 N–H and O–H groups in total. The summed E-state index contributed by atoms with van der Waals surface area (Å²) in [5, 5.41) is 8.74. The van der Waals surface area contributed by atoms with Gasteiger partial charge in [-0.3, -0.25) is 10.3 Å². The Hall–Kier alpha value is -1.75. The van der Waals surface area contributed by atoms with Crippen molar-refractivity contribution in [1.29, 1.82) is 0 Å². The van der Waals surface area contributed by atoms with E-state index >= 15 is 0 Å². The molecule has 0 heterocycles. The van der Waals surface area contributed by atoms with E-state index in [-0.39, 0.29) is 18.4 Å². The lowest BCUT2D eigenvalue weighted by Gasteiger charge is -2.14. The van der Waals surface area contributed by atoms with Crippen molar-refractivity contribution in [3.8, 4) is 0 Å². The maximum atomic E-state index is 12.0. The molecule has 2 amide bonds. The van der Waals surface area contributed by atoms with E-state index in [1.54, 1.807) is 7.05 Å². The van der Waals surface area contributed by atoms with Gasteiger partial charge in [-0.1, -0.05) is 38.0 Å². The van der Waals surface area contributed by atoms with E-state index in [2.05, 4.69) is 27.9 Å². The quantitative estimate of drug-likeness (QED) is 0.439. The number of nitrogens with one attached hydrogen (secondary N) is 3. The summed E-state index contributed by atoms with van der Waals surface area (Å²) in [6, 6.07) is 5.64. The molecular formula is C16H27ClN4O. The fourth-order valence-electron chi connectivity index (χ4n) is 2.02. The monoisotopic (exact) mass is 326 g/mol. The van der Waals surface area contributed by atoms with Crippen LogP contribution in [0.15, 0.2) is 23.2 Å². The van der Waals surface area contributed by atoms with Crippen molar-refractivity contribution < 1.29 is 4.79 Å². The first-order valence-corrected chi connectivity index (χ1v) is 7.43. The molecular weight excluding hydrogens is 300 g/mol. The Labute approximate surface area is 139 Å². The lowest BCUT2D eigenvalue weighted by Crippen LogP contribution is -2.43. The number of amides is 2. The molecule has 5 nitrogen and oxygen atoms in total. The number of hydrogen-bond acceptors (Lipinski definition) is 2. The first kappa shape index (κ1) is 20.2. The van der Waals surface area contributed by atoms with Gasteiger partial charge in [-0.2, -0.15) is 0 Å². The van der Waals surface area contributed by atoms with Crippen molar-refractivity contribution in [3.63, 3.8) is 0 Å². The Morgan fingerprint density at radius 3 is 2.36 bits per heavy atom. The van der Waals surface area contributed by atoms with Gasteiger partial charge in [0.15, 0.2) is 5.96 Å². The van der Waals surface area contributed by atoms with Crippen LogP contribution in [0.4, 0.5) is 10.5 Å². The van der Waals surface area contributed by atoms with Crippen LogP contribution >= 0.6 is 12.4 Å². The minimum Gasteiger partial charge on any atom is -0.356 e. The molecule has 0 atom stereocenters. The zero-order valence-electron chi connectivity index (χ0n) is 13.8. The van der Waals surface area contributed by atoms with Gasteiger partial charge in [0.2, 0.25) is 0 Å². The number of nitrogens with zero attached hydrogens (tertiary/aromatic N) is 1. The normalized spacial score (nSPS) is 10.6. The number of halogens is 1. The lowest BCUT2D eigenvalue weighted by molar-refractivity contribution is 0.256. The Bertz CT molecular complexity index is 483. The molecule has 22 heavy (non-hydrogen) atoms. The van der Waals surface area contributed by atoms with Crippen LogP contribution < -0.4 is 16.0 Å². The molecule has 0 bridgehead atoms. The molecule has 124 valence electrons. The summed E-state index contributed by atoms with van der Waals surface area (Å²) in [5.41, 5.74) is 2.92. The number of carbonyl (C=O) groups excluding carboxylic acids is 1. The number of rotatable bonds is 5. The minimum absolute atomic E-state index is 0. The van der Waals surface area contributed by atoms with Gasteiger partial charge < -0.3 is 10.6 Å². The van der Waals surface area contributed by atoms with Crippen molar-refractivity contribution in [2.24, 2.45) is 4.99 Å². The summed E-state index contributed by atoms with van der Waals surface area (Å²) in [6.45, 7) is 6.91. The highest BCUT2D eigenvalue weighted by Gasteiger charge is 2.08. The molecule has 1 rings (SSSR count). The summed E-state index contributed by atoms with van der Waals surface area (Å²) in [6.07, 6.45) is 3.40. The molecule has 0 aliphatic carbocycles. The molecule has 0 aliphatic heterocycles. The lowest BCUT2D eigenvalue weighted by atomic mass is 10.1. The van der Waals surface area contributed by atoms with Crippen LogP contribution in [0, 0.1) is 13.8 Å². The number of unbranched alkanes of at least 4 members (excludes halogenated alkanes) is 2. The van der Waals surface area contributed by atoms with E-state index in [1.807, 2.05) is 32.0 Å². The molecule has 1 aromatic carbocycles. The molecule has 0 radical (unpaired) electrons. The molecule has 1 aromatic rings. The fraction of sp³-hybridized carbons (Fsp3) is 0.500.